The number of rotatable bonds is 15. The maximum Gasteiger partial charge on any atom is 0.411 e. The number of ether oxygens (including phenoxy) is 1. The summed E-state index contributed by atoms with van der Waals surface area (Å²) >= 11 is 1.31. The number of thiazole rings is 1. The number of halogens is 1. The van der Waals surface area contributed by atoms with Crippen LogP contribution >= 0.6 is 11.3 Å². The Balaban J connectivity index is 1.31. The van der Waals surface area contributed by atoms with Gasteiger partial charge in [-0.15, -0.1) is 24.5 Å². The Labute approximate surface area is 283 Å². The smallest absolute Gasteiger partial charge is 0.411 e. The van der Waals surface area contributed by atoms with Crippen molar-refractivity contribution in [2.24, 2.45) is 17.8 Å². The van der Waals surface area contributed by atoms with Gasteiger partial charge < -0.3 is 15.0 Å². The molecule has 12 nitrogen and oxygen atoms in total. The zero-order chi connectivity index (χ0) is 34.6. The predicted octanol–water partition coefficient (Wildman–Crippen LogP) is 4.38. The average molecular weight is 702 g/mol. The van der Waals surface area contributed by atoms with Crippen molar-refractivity contribution in [1.29, 1.82) is 0 Å². The molecule has 2 aromatic rings. The Kier molecular flexibility index (Phi) is 10.7. The van der Waals surface area contributed by atoms with Crippen molar-refractivity contribution in [2.75, 3.05) is 18.9 Å². The lowest BCUT2D eigenvalue weighted by molar-refractivity contribution is -0.140. The van der Waals surface area contributed by atoms with E-state index in [1.54, 1.807) is 24.7 Å². The fourth-order valence-electron chi connectivity index (χ4n) is 6.16. The molecule has 1 aromatic carbocycles. The highest BCUT2D eigenvalue weighted by atomic mass is 32.2. The average Bonchev–Trinajstić information content (AvgIpc) is 3.92. The van der Waals surface area contributed by atoms with Crippen molar-refractivity contribution < 1.29 is 36.7 Å². The molecular weight excluding hydrogens is 662 g/mol. The largest absolute Gasteiger partial charge is 0.446 e. The summed E-state index contributed by atoms with van der Waals surface area (Å²) in [4.78, 5) is 59.7. The minimum atomic E-state index is -3.88. The Morgan fingerprint density at radius 2 is 1.92 bits per heavy atom. The Morgan fingerprint density at radius 3 is 2.56 bits per heavy atom. The van der Waals surface area contributed by atoms with Crippen LogP contribution < -0.4 is 15.4 Å². The molecule has 5 atom stereocenters. The summed E-state index contributed by atoms with van der Waals surface area (Å²) < 4.78 is 47.0. The van der Waals surface area contributed by atoms with Gasteiger partial charge in [0.15, 0.2) is 0 Å². The zero-order valence-electron chi connectivity index (χ0n) is 26.7. The molecule has 0 spiro atoms. The first-order valence-electron chi connectivity index (χ1n) is 15.9. The van der Waals surface area contributed by atoms with Gasteiger partial charge in [-0.1, -0.05) is 12.2 Å². The molecule has 1 unspecified atom stereocenters. The highest BCUT2D eigenvalue weighted by Crippen LogP contribution is 2.46. The van der Waals surface area contributed by atoms with E-state index >= 15 is 0 Å². The number of nitrogens with one attached hydrogen (secondary N) is 3. The minimum absolute atomic E-state index is 0.0285. The van der Waals surface area contributed by atoms with Crippen LogP contribution in [0.15, 0.2) is 55.1 Å². The number of sulfonamides is 1. The van der Waals surface area contributed by atoms with Crippen LogP contribution in [0.4, 0.5) is 14.9 Å². The number of hydrogen-bond donors (Lipinski definition) is 3. The normalized spacial score (nSPS) is 24.6. The number of carbonyl (C=O) groups excluding carboxylic acids is 4. The highest BCUT2D eigenvalue weighted by Gasteiger charge is 2.62. The van der Waals surface area contributed by atoms with Crippen LogP contribution in [0.5, 0.6) is 0 Å². The van der Waals surface area contributed by atoms with Gasteiger partial charge in [-0.2, -0.15) is 0 Å². The Hall–Kier alpha value is -4.11. The summed E-state index contributed by atoms with van der Waals surface area (Å²) in [5.74, 6) is -4.74. The number of allylic oxidation sites excluding steroid dienone is 1. The van der Waals surface area contributed by atoms with E-state index in [-0.39, 0.29) is 30.9 Å². The lowest BCUT2D eigenvalue weighted by Crippen LogP contribution is -2.54. The van der Waals surface area contributed by atoms with Gasteiger partial charge in [0.1, 0.15) is 22.5 Å². The third kappa shape index (κ3) is 7.95. The fourth-order valence-corrected chi connectivity index (χ4v) is 8.20. The summed E-state index contributed by atoms with van der Waals surface area (Å²) in [5.41, 5.74) is -0.885. The highest BCUT2D eigenvalue weighted by molar-refractivity contribution is 7.91. The van der Waals surface area contributed by atoms with Gasteiger partial charge in [0.05, 0.1) is 22.8 Å². The number of benzene rings is 1. The Bertz CT molecular complexity index is 1680. The van der Waals surface area contributed by atoms with Crippen LogP contribution in [0.1, 0.15) is 51.4 Å². The quantitative estimate of drug-likeness (QED) is 0.182. The van der Waals surface area contributed by atoms with Gasteiger partial charge in [-0.3, -0.25) is 24.4 Å². The minimum Gasteiger partial charge on any atom is -0.446 e. The maximum absolute atomic E-state index is 14.1. The van der Waals surface area contributed by atoms with Crippen LogP contribution in [0.25, 0.3) is 10.6 Å². The molecular formula is C33H40FN5O7S2. The van der Waals surface area contributed by atoms with Crippen LogP contribution in [0.3, 0.4) is 0 Å². The Morgan fingerprint density at radius 1 is 1.17 bits per heavy atom. The SMILES string of the molecule is C=CCCCCN(C)C(=O)[C@@H]1C[C@H](OC(=O)Nc2cc(F)ccc2-c2nccs2)C[C@H]1C(=O)N[C@]1(C(=O)NS(=O)(=O)C2CC2)CC1C=C. The monoisotopic (exact) mass is 701 g/mol. The second-order valence-electron chi connectivity index (χ2n) is 12.6. The van der Waals surface area contributed by atoms with Crippen molar-refractivity contribution in [3.63, 3.8) is 0 Å². The molecule has 0 bridgehead atoms. The van der Waals surface area contributed by atoms with Gasteiger partial charge in [0.25, 0.3) is 5.91 Å². The second kappa shape index (κ2) is 14.6. The van der Waals surface area contributed by atoms with E-state index in [0.717, 1.165) is 25.3 Å². The molecule has 0 radical (unpaired) electrons. The van der Waals surface area contributed by atoms with E-state index in [9.17, 15) is 32.0 Å². The van der Waals surface area contributed by atoms with Crippen molar-refractivity contribution in [3.05, 3.63) is 60.9 Å². The first-order valence-corrected chi connectivity index (χ1v) is 18.3. The molecule has 15 heteroatoms. The van der Waals surface area contributed by atoms with Crippen molar-refractivity contribution in [2.45, 2.75) is 68.3 Å². The summed E-state index contributed by atoms with van der Waals surface area (Å²) in [6.07, 6.45) is 6.52. The van der Waals surface area contributed by atoms with Crippen LogP contribution in [0, 0.1) is 23.6 Å². The molecule has 0 saturated heterocycles. The zero-order valence-corrected chi connectivity index (χ0v) is 28.3. The van der Waals surface area contributed by atoms with Gasteiger partial charge >= 0.3 is 6.09 Å². The molecule has 3 N–H and O–H groups in total. The summed E-state index contributed by atoms with van der Waals surface area (Å²) in [5, 5.41) is 6.99. The first-order chi connectivity index (χ1) is 22.9. The van der Waals surface area contributed by atoms with Crippen molar-refractivity contribution in [3.8, 4) is 10.6 Å². The maximum atomic E-state index is 14.1. The lowest BCUT2D eigenvalue weighted by atomic mass is 9.93. The molecule has 0 aliphatic heterocycles. The molecule has 3 saturated carbocycles. The fraction of sp³-hybridized carbons (Fsp3) is 0.485. The number of nitrogens with zero attached hydrogens (tertiary/aromatic N) is 2. The first kappa shape index (κ1) is 35.2. The summed E-state index contributed by atoms with van der Waals surface area (Å²) in [7, 11) is -2.23. The topological polar surface area (TPSA) is 164 Å². The predicted molar refractivity (Wildman–Crippen MR) is 179 cm³/mol. The van der Waals surface area contributed by atoms with E-state index in [2.05, 4.69) is 33.5 Å². The number of hydrogen-bond acceptors (Lipinski definition) is 9. The van der Waals surface area contributed by atoms with Crippen molar-refractivity contribution >= 4 is 50.9 Å². The van der Waals surface area contributed by atoms with E-state index in [1.807, 2.05) is 0 Å². The number of aromatic nitrogens is 1. The standard InChI is InChI=1S/C33H40FN5O7S2/c1-4-6-7-8-14-39(3)30(41)26-18-22(46-32(43)36-27-16-21(34)9-12-24(27)29-35-13-15-47-29)17-25(26)28(40)37-33(19-20(33)5-2)31(42)38-48(44,45)23-10-11-23/h4-5,9,12-13,15-16,20,22-23,25-26H,1-2,6-8,10-11,14,17-19H2,3H3,(H,36,43)(H,37,40)(H,38,42)/t20?,22-,25-,26-,33-/m1/s1. The molecule has 48 heavy (non-hydrogen) atoms. The molecule has 3 aliphatic carbocycles. The van der Waals surface area contributed by atoms with E-state index in [1.165, 1.54) is 34.4 Å². The molecule has 3 fully saturated rings. The van der Waals surface area contributed by atoms with Crippen LogP contribution in [0.2, 0.25) is 0 Å². The van der Waals surface area contributed by atoms with Gasteiger partial charge in [0.2, 0.25) is 21.8 Å². The number of carbonyl (C=O) groups is 4. The van der Waals surface area contributed by atoms with Gasteiger partial charge in [-0.25, -0.2) is 22.6 Å². The van der Waals surface area contributed by atoms with E-state index < -0.39 is 68.4 Å². The molecule has 1 aromatic heterocycles. The molecule has 1 heterocycles. The number of amides is 4. The van der Waals surface area contributed by atoms with Crippen LogP contribution in [-0.2, 0) is 29.1 Å². The van der Waals surface area contributed by atoms with E-state index in [4.69, 9.17) is 4.74 Å². The van der Waals surface area contributed by atoms with Gasteiger partial charge in [0, 0.05) is 36.7 Å². The van der Waals surface area contributed by atoms with Crippen molar-refractivity contribution in [1.82, 2.24) is 19.9 Å². The third-order valence-electron chi connectivity index (χ3n) is 9.10. The molecule has 258 valence electrons. The molecule has 5 rings (SSSR count). The van der Waals surface area contributed by atoms with E-state index in [0.29, 0.717) is 30.0 Å². The third-order valence-corrected chi connectivity index (χ3v) is 11.7. The second-order valence-corrected chi connectivity index (χ2v) is 15.4. The summed E-state index contributed by atoms with van der Waals surface area (Å²) in [6, 6.07) is 3.90. The lowest BCUT2D eigenvalue weighted by Gasteiger charge is -2.26. The van der Waals surface area contributed by atoms with Crippen LogP contribution in [-0.4, -0.2) is 72.6 Å². The molecule has 4 amide bonds. The molecule has 3 aliphatic rings. The number of unbranched alkanes of at least 4 members (excludes halogenated alkanes) is 2. The number of anilines is 1. The van der Waals surface area contributed by atoms with Gasteiger partial charge in [-0.05, 0) is 69.6 Å². The summed E-state index contributed by atoms with van der Waals surface area (Å²) in [6.45, 7) is 7.88.